The molecule has 0 amide bonds. The third-order valence-corrected chi connectivity index (χ3v) is 4.02. The molecule has 0 radical (unpaired) electrons. The van der Waals surface area contributed by atoms with E-state index in [2.05, 4.69) is 54.0 Å². The molecule has 0 aromatic rings. The van der Waals surface area contributed by atoms with Crippen molar-refractivity contribution in [2.45, 2.75) is 47.0 Å². The van der Waals surface area contributed by atoms with Crippen LogP contribution < -0.4 is 0 Å². The maximum atomic E-state index is 5.36. The normalized spacial score (nSPS) is 13.2. The molecule has 0 N–H and O–H groups in total. The second-order valence-corrected chi connectivity index (χ2v) is 6.50. The van der Waals surface area contributed by atoms with Crippen molar-refractivity contribution in [1.29, 1.82) is 0 Å². The van der Waals surface area contributed by atoms with Crippen molar-refractivity contribution in [1.82, 2.24) is 0 Å². The highest BCUT2D eigenvalue weighted by Crippen LogP contribution is 2.21. The molecule has 0 spiro atoms. The lowest BCUT2D eigenvalue weighted by Gasteiger charge is -2.13. The van der Waals surface area contributed by atoms with Gasteiger partial charge in [-0.15, -0.1) is 0 Å². The lowest BCUT2D eigenvalue weighted by molar-refractivity contribution is 0.299. The Bertz CT molecular complexity index is 500. The van der Waals surface area contributed by atoms with Crippen LogP contribution >= 0.6 is 0 Å². The van der Waals surface area contributed by atoms with Crippen molar-refractivity contribution >= 4 is 0 Å². The molecule has 1 nitrogen and oxygen atoms in total. The monoisotopic (exact) mass is 314 g/mol. The number of hydrogen-bond acceptors (Lipinski definition) is 1. The minimum Gasteiger partial charge on any atom is -0.496 e. The Hall–Kier alpha value is -1.76. The van der Waals surface area contributed by atoms with Gasteiger partial charge in [0.25, 0.3) is 0 Å². The van der Waals surface area contributed by atoms with E-state index >= 15 is 0 Å². The van der Waals surface area contributed by atoms with E-state index in [1.165, 1.54) is 6.42 Å². The first-order valence-electron chi connectivity index (χ1n) is 8.41. The van der Waals surface area contributed by atoms with E-state index in [-0.39, 0.29) is 0 Å². The van der Waals surface area contributed by atoms with Gasteiger partial charge in [0.05, 0.1) is 7.11 Å². The predicted molar refractivity (Wildman–Crippen MR) is 104 cm³/mol. The molecule has 0 aliphatic heterocycles. The zero-order valence-corrected chi connectivity index (χ0v) is 15.7. The van der Waals surface area contributed by atoms with Gasteiger partial charge in [-0.1, -0.05) is 78.2 Å². The Labute approximate surface area is 143 Å². The van der Waals surface area contributed by atoms with Crippen LogP contribution in [0, 0.1) is 11.8 Å². The van der Waals surface area contributed by atoms with Crippen LogP contribution in [0.3, 0.4) is 0 Å². The van der Waals surface area contributed by atoms with Crippen molar-refractivity contribution in [3.63, 3.8) is 0 Å². The zero-order valence-electron chi connectivity index (χ0n) is 15.7. The summed E-state index contributed by atoms with van der Waals surface area (Å²) >= 11 is 0. The molecule has 0 saturated carbocycles. The van der Waals surface area contributed by atoms with Gasteiger partial charge < -0.3 is 4.74 Å². The fourth-order valence-corrected chi connectivity index (χ4v) is 1.98. The Morgan fingerprint density at radius 2 is 1.57 bits per heavy atom. The summed E-state index contributed by atoms with van der Waals surface area (Å²) in [5.41, 5.74) is 3.78. The molecular formula is C22H34O. The molecule has 0 bridgehead atoms. The molecule has 0 aromatic carbocycles. The molecule has 0 aliphatic carbocycles. The average molecular weight is 315 g/mol. The molecule has 0 heterocycles. The highest BCUT2D eigenvalue weighted by Gasteiger charge is 2.06. The average Bonchev–Trinajstić information content (AvgIpc) is 2.53. The summed E-state index contributed by atoms with van der Waals surface area (Å²) in [7, 11) is 1.65. The van der Waals surface area contributed by atoms with Gasteiger partial charge in [-0.25, -0.2) is 0 Å². The van der Waals surface area contributed by atoms with Crippen molar-refractivity contribution in [2.75, 3.05) is 7.11 Å². The lowest BCUT2D eigenvalue weighted by Crippen LogP contribution is -1.99. The van der Waals surface area contributed by atoms with Crippen LogP contribution in [0.5, 0.6) is 0 Å². The van der Waals surface area contributed by atoms with Crippen LogP contribution in [0.1, 0.15) is 47.0 Å². The van der Waals surface area contributed by atoms with Gasteiger partial charge in [-0.2, -0.15) is 0 Å². The molecule has 0 saturated heterocycles. The van der Waals surface area contributed by atoms with Crippen molar-refractivity contribution in [3.05, 3.63) is 72.6 Å². The summed E-state index contributed by atoms with van der Waals surface area (Å²) in [4.78, 5) is 0. The summed E-state index contributed by atoms with van der Waals surface area (Å²) < 4.78 is 5.36. The molecular weight excluding hydrogens is 280 g/mol. The van der Waals surface area contributed by atoms with E-state index in [4.69, 9.17) is 4.74 Å². The number of ether oxygens (including phenoxy) is 1. The first-order valence-corrected chi connectivity index (χ1v) is 8.41. The molecule has 0 aromatic heterocycles. The van der Waals surface area contributed by atoms with Gasteiger partial charge in [0.2, 0.25) is 0 Å². The first kappa shape index (κ1) is 21.2. The Kier molecular flexibility index (Phi) is 10.0. The predicted octanol–water partition coefficient (Wildman–Crippen LogP) is 6.78. The summed E-state index contributed by atoms with van der Waals surface area (Å²) in [6, 6.07) is 0. The molecule has 0 fully saturated rings. The third-order valence-electron chi connectivity index (χ3n) is 4.02. The fraction of sp³-hybridized carbons (Fsp3) is 0.455. The molecule has 128 valence electrons. The maximum absolute atomic E-state index is 5.36. The van der Waals surface area contributed by atoms with E-state index < -0.39 is 0 Å². The topological polar surface area (TPSA) is 9.23 Å². The fourth-order valence-electron chi connectivity index (χ4n) is 1.98. The Morgan fingerprint density at radius 3 is 2.04 bits per heavy atom. The summed E-state index contributed by atoms with van der Waals surface area (Å²) in [6.07, 6.45) is 9.16. The molecule has 0 aliphatic rings. The second-order valence-electron chi connectivity index (χ2n) is 6.50. The van der Waals surface area contributed by atoms with E-state index in [1.807, 2.05) is 18.2 Å². The van der Waals surface area contributed by atoms with Crippen molar-refractivity contribution in [3.8, 4) is 0 Å². The van der Waals surface area contributed by atoms with Crippen molar-refractivity contribution in [2.24, 2.45) is 11.8 Å². The largest absolute Gasteiger partial charge is 0.496 e. The van der Waals surface area contributed by atoms with Crippen LogP contribution in [0.15, 0.2) is 72.6 Å². The Morgan fingerprint density at radius 1 is 0.957 bits per heavy atom. The molecule has 1 atom stereocenters. The van der Waals surface area contributed by atoms with Crippen LogP contribution in [-0.4, -0.2) is 7.11 Å². The first-order chi connectivity index (χ1) is 10.7. The smallest absolute Gasteiger partial charge is 0.122 e. The van der Waals surface area contributed by atoms with Crippen LogP contribution in [-0.2, 0) is 4.74 Å². The summed E-state index contributed by atoms with van der Waals surface area (Å²) in [5.74, 6) is 1.98. The van der Waals surface area contributed by atoms with E-state index in [0.717, 1.165) is 46.8 Å². The molecule has 23 heavy (non-hydrogen) atoms. The van der Waals surface area contributed by atoms with Crippen molar-refractivity contribution < 1.29 is 4.74 Å². The van der Waals surface area contributed by atoms with Crippen LogP contribution in [0.25, 0.3) is 0 Å². The number of hydrogen-bond donors (Lipinski definition) is 0. The SMILES string of the molecule is C=C(/C=C\C(=C)C(C)CCC(C)C)C(=C)/C=C(/OC)C(=C)CC. The quantitative estimate of drug-likeness (QED) is 0.302. The van der Waals surface area contributed by atoms with Crippen LogP contribution in [0.4, 0.5) is 0 Å². The lowest BCUT2D eigenvalue weighted by atomic mass is 9.93. The Balaban J connectivity index is 4.73. The van der Waals surface area contributed by atoms with Gasteiger partial charge in [-0.3, -0.25) is 0 Å². The van der Waals surface area contributed by atoms with Gasteiger partial charge in [-0.05, 0) is 47.5 Å². The van der Waals surface area contributed by atoms with Gasteiger partial charge >= 0.3 is 0 Å². The minimum atomic E-state index is 0.486. The highest BCUT2D eigenvalue weighted by molar-refractivity contribution is 5.47. The minimum absolute atomic E-state index is 0.486. The number of methoxy groups -OCH3 is 1. The van der Waals surface area contributed by atoms with E-state index in [1.54, 1.807) is 7.11 Å². The molecule has 0 rings (SSSR count). The highest BCUT2D eigenvalue weighted by atomic mass is 16.5. The second kappa shape index (κ2) is 10.9. The zero-order chi connectivity index (χ0) is 18.0. The van der Waals surface area contributed by atoms with Crippen LogP contribution in [0.2, 0.25) is 0 Å². The van der Waals surface area contributed by atoms with E-state index in [9.17, 15) is 0 Å². The van der Waals surface area contributed by atoms with Gasteiger partial charge in [0, 0.05) is 0 Å². The molecule has 1 heteroatoms. The van der Waals surface area contributed by atoms with Gasteiger partial charge in [0.15, 0.2) is 0 Å². The summed E-state index contributed by atoms with van der Waals surface area (Å²) in [6.45, 7) is 25.1. The number of rotatable bonds is 11. The van der Waals surface area contributed by atoms with E-state index in [0.29, 0.717) is 5.92 Å². The molecule has 1 unspecified atom stereocenters. The third kappa shape index (κ3) is 8.44. The summed E-state index contributed by atoms with van der Waals surface area (Å²) in [5, 5.41) is 0. The maximum Gasteiger partial charge on any atom is 0.122 e. The standard InChI is InChI=1S/C22H34O/c1-10-17(4)22(23-9)15-21(8)20(7)14-13-19(6)18(5)12-11-16(2)3/h13-16,18H,4,6-8,10-12H2,1-3,5,9H3/b14-13-,22-15+. The number of allylic oxidation sites excluding steroid dienone is 7. The van der Waals surface area contributed by atoms with Gasteiger partial charge in [0.1, 0.15) is 5.76 Å².